The SMILES string of the molecule is NC(=O)C1(C2CCC(C(=O)O)N2)CC1. The maximum Gasteiger partial charge on any atom is 0.320 e. The van der Waals surface area contributed by atoms with Gasteiger partial charge in [-0.2, -0.15) is 0 Å². The van der Waals surface area contributed by atoms with Gasteiger partial charge in [0.2, 0.25) is 5.91 Å². The van der Waals surface area contributed by atoms with Gasteiger partial charge in [0.05, 0.1) is 5.41 Å². The Morgan fingerprint density at radius 3 is 2.36 bits per heavy atom. The lowest BCUT2D eigenvalue weighted by atomic mass is 9.94. The molecular formula is C9H14N2O3. The van der Waals surface area contributed by atoms with Crippen LogP contribution in [0.3, 0.4) is 0 Å². The van der Waals surface area contributed by atoms with Crippen molar-refractivity contribution >= 4 is 11.9 Å². The van der Waals surface area contributed by atoms with Gasteiger partial charge in [-0.1, -0.05) is 0 Å². The highest BCUT2D eigenvalue weighted by Crippen LogP contribution is 2.51. The van der Waals surface area contributed by atoms with E-state index in [1.54, 1.807) is 0 Å². The molecule has 0 aromatic heterocycles. The number of carboxylic acids is 1. The molecular weight excluding hydrogens is 184 g/mol. The fraction of sp³-hybridized carbons (Fsp3) is 0.778. The first-order chi connectivity index (χ1) is 6.56. The van der Waals surface area contributed by atoms with Crippen molar-refractivity contribution in [1.29, 1.82) is 0 Å². The van der Waals surface area contributed by atoms with Gasteiger partial charge in [-0.05, 0) is 25.7 Å². The van der Waals surface area contributed by atoms with Crippen molar-refractivity contribution in [2.75, 3.05) is 0 Å². The highest BCUT2D eigenvalue weighted by molar-refractivity contribution is 5.85. The van der Waals surface area contributed by atoms with Crippen LogP contribution in [0.1, 0.15) is 25.7 Å². The third kappa shape index (κ3) is 1.28. The first kappa shape index (κ1) is 9.45. The van der Waals surface area contributed by atoms with Gasteiger partial charge in [0.1, 0.15) is 6.04 Å². The summed E-state index contributed by atoms with van der Waals surface area (Å²) in [5.41, 5.74) is 4.87. The molecule has 0 bridgehead atoms. The van der Waals surface area contributed by atoms with E-state index in [0.717, 1.165) is 19.3 Å². The Morgan fingerprint density at radius 2 is 2.00 bits per heavy atom. The van der Waals surface area contributed by atoms with Gasteiger partial charge in [-0.15, -0.1) is 0 Å². The van der Waals surface area contributed by atoms with Crippen LogP contribution in [0.25, 0.3) is 0 Å². The summed E-state index contributed by atoms with van der Waals surface area (Å²) in [5, 5.41) is 11.8. The molecule has 1 aliphatic carbocycles. The summed E-state index contributed by atoms with van der Waals surface area (Å²) in [5.74, 6) is -1.13. The van der Waals surface area contributed by atoms with Crippen molar-refractivity contribution < 1.29 is 14.7 Å². The standard InChI is InChI=1S/C9H14N2O3/c10-8(14)9(3-4-9)6-2-1-5(11-6)7(12)13/h5-6,11H,1-4H2,(H2,10,14)(H,12,13). The second kappa shape index (κ2) is 2.95. The van der Waals surface area contributed by atoms with E-state index < -0.39 is 17.4 Å². The number of aliphatic carboxylic acids is 1. The first-order valence-corrected chi connectivity index (χ1v) is 4.85. The molecule has 14 heavy (non-hydrogen) atoms. The number of amides is 1. The topological polar surface area (TPSA) is 92.4 Å². The van der Waals surface area contributed by atoms with Crippen LogP contribution in [0.2, 0.25) is 0 Å². The predicted octanol–water partition coefficient (Wildman–Crippen LogP) is -0.543. The molecule has 2 fully saturated rings. The van der Waals surface area contributed by atoms with Gasteiger partial charge in [-0.25, -0.2) is 0 Å². The Balaban J connectivity index is 2.02. The Kier molecular flexibility index (Phi) is 1.99. The molecule has 2 atom stereocenters. The fourth-order valence-corrected chi connectivity index (χ4v) is 2.27. The summed E-state index contributed by atoms with van der Waals surface area (Å²) in [6.07, 6.45) is 2.92. The average molecular weight is 198 g/mol. The number of carbonyl (C=O) groups is 2. The van der Waals surface area contributed by atoms with Crippen molar-refractivity contribution in [2.45, 2.75) is 37.8 Å². The van der Waals surface area contributed by atoms with Crippen LogP contribution in [0.15, 0.2) is 0 Å². The van der Waals surface area contributed by atoms with Crippen LogP contribution in [0.4, 0.5) is 0 Å². The lowest BCUT2D eigenvalue weighted by Crippen LogP contribution is -2.45. The van der Waals surface area contributed by atoms with Crippen molar-refractivity contribution in [3.05, 3.63) is 0 Å². The van der Waals surface area contributed by atoms with E-state index in [9.17, 15) is 9.59 Å². The smallest absolute Gasteiger partial charge is 0.320 e. The average Bonchev–Trinajstić information content (AvgIpc) is 2.77. The summed E-state index contributed by atoms with van der Waals surface area (Å²) in [6, 6.07) is -0.530. The Morgan fingerprint density at radius 1 is 1.36 bits per heavy atom. The maximum atomic E-state index is 11.2. The first-order valence-electron chi connectivity index (χ1n) is 4.85. The molecule has 5 heteroatoms. The zero-order valence-corrected chi connectivity index (χ0v) is 7.82. The third-order valence-corrected chi connectivity index (χ3v) is 3.39. The van der Waals surface area contributed by atoms with E-state index in [2.05, 4.69) is 5.32 Å². The van der Waals surface area contributed by atoms with E-state index in [1.165, 1.54) is 0 Å². The lowest BCUT2D eigenvalue weighted by molar-refractivity contribution is -0.139. The van der Waals surface area contributed by atoms with Gasteiger partial charge in [-0.3, -0.25) is 9.59 Å². The van der Waals surface area contributed by atoms with Crippen LogP contribution >= 0.6 is 0 Å². The molecule has 2 aliphatic rings. The molecule has 1 heterocycles. The Labute approximate surface area is 81.7 Å². The zero-order valence-electron chi connectivity index (χ0n) is 7.82. The zero-order chi connectivity index (χ0) is 10.3. The number of hydrogen-bond donors (Lipinski definition) is 3. The molecule has 78 valence electrons. The number of carboxylic acid groups (broad SMARTS) is 1. The van der Waals surface area contributed by atoms with Gasteiger partial charge in [0, 0.05) is 6.04 Å². The monoisotopic (exact) mass is 198 g/mol. The molecule has 2 unspecified atom stereocenters. The molecule has 1 saturated carbocycles. The van der Waals surface area contributed by atoms with Crippen LogP contribution in [-0.4, -0.2) is 29.1 Å². The lowest BCUT2D eigenvalue weighted by Gasteiger charge is -2.20. The number of rotatable bonds is 3. The largest absolute Gasteiger partial charge is 0.480 e. The van der Waals surface area contributed by atoms with E-state index in [-0.39, 0.29) is 11.9 Å². The highest BCUT2D eigenvalue weighted by atomic mass is 16.4. The number of carbonyl (C=O) groups excluding carboxylic acids is 1. The Hall–Kier alpha value is -1.10. The number of nitrogens with two attached hydrogens (primary N) is 1. The van der Waals surface area contributed by atoms with Gasteiger partial charge in [0.25, 0.3) is 0 Å². The summed E-state index contributed by atoms with van der Waals surface area (Å²) >= 11 is 0. The minimum Gasteiger partial charge on any atom is -0.480 e. The second-order valence-corrected chi connectivity index (χ2v) is 4.21. The van der Waals surface area contributed by atoms with Gasteiger partial charge >= 0.3 is 5.97 Å². The second-order valence-electron chi connectivity index (χ2n) is 4.21. The van der Waals surface area contributed by atoms with E-state index in [1.807, 2.05) is 0 Å². The molecule has 0 spiro atoms. The van der Waals surface area contributed by atoms with Gasteiger partial charge in [0.15, 0.2) is 0 Å². The maximum absolute atomic E-state index is 11.2. The van der Waals surface area contributed by atoms with Crippen LogP contribution < -0.4 is 11.1 Å². The molecule has 4 N–H and O–H groups in total. The van der Waals surface area contributed by atoms with Crippen LogP contribution in [-0.2, 0) is 9.59 Å². The molecule has 1 aliphatic heterocycles. The van der Waals surface area contributed by atoms with Crippen LogP contribution in [0, 0.1) is 5.41 Å². The third-order valence-electron chi connectivity index (χ3n) is 3.39. The van der Waals surface area contributed by atoms with Crippen molar-refractivity contribution in [3.63, 3.8) is 0 Å². The fourth-order valence-electron chi connectivity index (χ4n) is 2.27. The minimum atomic E-state index is -0.840. The molecule has 0 aromatic carbocycles. The summed E-state index contributed by atoms with van der Waals surface area (Å²) < 4.78 is 0. The van der Waals surface area contributed by atoms with E-state index >= 15 is 0 Å². The number of nitrogens with one attached hydrogen (secondary N) is 1. The van der Waals surface area contributed by atoms with Crippen molar-refractivity contribution in [2.24, 2.45) is 11.1 Å². The summed E-state index contributed by atoms with van der Waals surface area (Å²) in [4.78, 5) is 21.9. The molecule has 1 amide bonds. The molecule has 0 aromatic rings. The highest BCUT2D eigenvalue weighted by Gasteiger charge is 2.56. The van der Waals surface area contributed by atoms with Gasteiger partial charge < -0.3 is 16.2 Å². The minimum absolute atomic E-state index is 0.0268. The van der Waals surface area contributed by atoms with Crippen molar-refractivity contribution in [3.8, 4) is 0 Å². The van der Waals surface area contributed by atoms with E-state index in [4.69, 9.17) is 10.8 Å². The predicted molar refractivity (Wildman–Crippen MR) is 48.4 cm³/mol. The molecule has 0 radical (unpaired) electrons. The van der Waals surface area contributed by atoms with Crippen LogP contribution in [0.5, 0.6) is 0 Å². The normalized spacial score (nSPS) is 34.0. The molecule has 5 nitrogen and oxygen atoms in total. The van der Waals surface area contributed by atoms with Crippen molar-refractivity contribution in [1.82, 2.24) is 5.32 Å². The number of hydrogen-bond acceptors (Lipinski definition) is 3. The molecule has 2 rings (SSSR count). The van der Waals surface area contributed by atoms with E-state index in [0.29, 0.717) is 6.42 Å². The Bertz CT molecular complexity index is 286. The number of primary amides is 1. The quantitative estimate of drug-likeness (QED) is 0.567. The summed E-state index contributed by atoms with van der Waals surface area (Å²) in [6.45, 7) is 0. The molecule has 1 saturated heterocycles. The summed E-state index contributed by atoms with van der Waals surface area (Å²) in [7, 11) is 0.